The Bertz CT molecular complexity index is 886. The number of nitrogens with zero attached hydrogens (tertiary/aromatic N) is 2. The predicted molar refractivity (Wildman–Crippen MR) is 119 cm³/mol. The number of amides is 2. The normalized spacial score (nSPS) is 17.0. The maximum absolute atomic E-state index is 12.6. The summed E-state index contributed by atoms with van der Waals surface area (Å²) in [5, 5.41) is 5.97. The molecule has 2 aromatic rings. The standard InChI is InChI=1S/C24H30N4O2/c29-23(26-17-18-11-12-25-22(15-18)28-13-4-5-14-28)20-9-6-10-21(16-20)27-24(30)19-7-2-1-3-8-19/h6,9-12,15-16,19H,1-5,7-8,13-14,17H2,(H,26,29)(H,27,30). The van der Waals surface area contributed by atoms with Gasteiger partial charge in [-0.2, -0.15) is 0 Å². The van der Waals surface area contributed by atoms with Gasteiger partial charge in [0, 0.05) is 43.0 Å². The van der Waals surface area contributed by atoms with Crippen molar-refractivity contribution in [2.24, 2.45) is 5.92 Å². The van der Waals surface area contributed by atoms with E-state index in [1.807, 2.05) is 24.3 Å². The molecule has 1 aliphatic carbocycles. The van der Waals surface area contributed by atoms with Crippen LogP contribution < -0.4 is 15.5 Å². The molecule has 2 heterocycles. The third-order valence-corrected chi connectivity index (χ3v) is 6.06. The Kier molecular flexibility index (Phi) is 6.62. The fraction of sp³-hybridized carbons (Fsp3) is 0.458. The smallest absolute Gasteiger partial charge is 0.251 e. The van der Waals surface area contributed by atoms with E-state index in [0.29, 0.717) is 17.8 Å². The number of benzene rings is 1. The van der Waals surface area contributed by atoms with Gasteiger partial charge in [-0.15, -0.1) is 0 Å². The maximum atomic E-state index is 12.6. The quantitative estimate of drug-likeness (QED) is 0.756. The van der Waals surface area contributed by atoms with Crippen molar-refractivity contribution in [3.8, 4) is 0 Å². The molecule has 2 N–H and O–H groups in total. The molecule has 1 saturated carbocycles. The van der Waals surface area contributed by atoms with Crippen LogP contribution in [0.5, 0.6) is 0 Å². The van der Waals surface area contributed by atoms with Crippen molar-refractivity contribution < 1.29 is 9.59 Å². The summed E-state index contributed by atoms with van der Waals surface area (Å²) in [6, 6.07) is 11.1. The van der Waals surface area contributed by atoms with Gasteiger partial charge in [-0.25, -0.2) is 4.98 Å². The van der Waals surface area contributed by atoms with Gasteiger partial charge in [0.2, 0.25) is 5.91 Å². The second-order valence-corrected chi connectivity index (χ2v) is 8.30. The van der Waals surface area contributed by atoms with E-state index in [1.165, 1.54) is 19.3 Å². The minimum Gasteiger partial charge on any atom is -0.357 e. The summed E-state index contributed by atoms with van der Waals surface area (Å²) in [7, 11) is 0. The van der Waals surface area contributed by atoms with Crippen molar-refractivity contribution in [2.75, 3.05) is 23.3 Å². The van der Waals surface area contributed by atoms with Crippen molar-refractivity contribution in [1.82, 2.24) is 10.3 Å². The Morgan fingerprint density at radius 1 is 1.00 bits per heavy atom. The van der Waals surface area contributed by atoms with Crippen molar-refractivity contribution in [3.05, 3.63) is 53.7 Å². The van der Waals surface area contributed by atoms with Crippen LogP contribution in [-0.4, -0.2) is 29.9 Å². The van der Waals surface area contributed by atoms with Gasteiger partial charge in [0.25, 0.3) is 5.91 Å². The summed E-state index contributed by atoms with van der Waals surface area (Å²) in [6.45, 7) is 2.53. The Balaban J connectivity index is 1.34. The van der Waals surface area contributed by atoms with E-state index in [9.17, 15) is 9.59 Å². The molecule has 1 aromatic heterocycles. The second-order valence-electron chi connectivity index (χ2n) is 8.30. The van der Waals surface area contributed by atoms with Gasteiger partial charge in [0.05, 0.1) is 0 Å². The zero-order valence-corrected chi connectivity index (χ0v) is 17.4. The zero-order chi connectivity index (χ0) is 20.8. The number of nitrogens with one attached hydrogen (secondary N) is 2. The van der Waals surface area contributed by atoms with Gasteiger partial charge in [0.15, 0.2) is 0 Å². The third-order valence-electron chi connectivity index (χ3n) is 6.06. The molecule has 0 radical (unpaired) electrons. The first-order valence-corrected chi connectivity index (χ1v) is 11.1. The lowest BCUT2D eigenvalue weighted by molar-refractivity contribution is -0.120. The van der Waals surface area contributed by atoms with Crippen molar-refractivity contribution in [2.45, 2.75) is 51.5 Å². The van der Waals surface area contributed by atoms with Crippen LogP contribution in [-0.2, 0) is 11.3 Å². The summed E-state index contributed by atoms with van der Waals surface area (Å²) >= 11 is 0. The number of carbonyl (C=O) groups is 2. The van der Waals surface area contributed by atoms with Crippen LogP contribution in [0.2, 0.25) is 0 Å². The van der Waals surface area contributed by atoms with E-state index < -0.39 is 0 Å². The van der Waals surface area contributed by atoms with Gasteiger partial charge >= 0.3 is 0 Å². The monoisotopic (exact) mass is 406 g/mol. The molecular formula is C24H30N4O2. The first kappa shape index (κ1) is 20.4. The molecule has 6 nitrogen and oxygen atoms in total. The van der Waals surface area contributed by atoms with Crippen LogP contribution in [0, 0.1) is 5.92 Å². The minimum atomic E-state index is -0.150. The van der Waals surface area contributed by atoms with Crippen LogP contribution >= 0.6 is 0 Å². The fourth-order valence-corrected chi connectivity index (χ4v) is 4.32. The Morgan fingerprint density at radius 3 is 2.60 bits per heavy atom. The predicted octanol–water partition coefficient (Wildman–Crippen LogP) is 4.13. The van der Waals surface area contributed by atoms with E-state index in [2.05, 4.69) is 20.5 Å². The van der Waals surface area contributed by atoms with Crippen molar-refractivity contribution >= 4 is 23.3 Å². The SMILES string of the molecule is O=C(NCc1ccnc(N2CCCC2)c1)c1cccc(NC(=O)C2CCCCC2)c1. The second kappa shape index (κ2) is 9.74. The highest BCUT2D eigenvalue weighted by atomic mass is 16.2. The van der Waals surface area contributed by atoms with Crippen molar-refractivity contribution in [1.29, 1.82) is 0 Å². The average molecular weight is 407 g/mol. The Hall–Kier alpha value is -2.89. The highest BCUT2D eigenvalue weighted by Gasteiger charge is 2.21. The lowest BCUT2D eigenvalue weighted by Gasteiger charge is -2.20. The van der Waals surface area contributed by atoms with E-state index in [0.717, 1.165) is 50.2 Å². The van der Waals surface area contributed by atoms with Crippen LogP contribution in [0.3, 0.4) is 0 Å². The lowest BCUT2D eigenvalue weighted by Crippen LogP contribution is -2.25. The number of hydrogen-bond acceptors (Lipinski definition) is 4. The van der Waals surface area contributed by atoms with E-state index in [-0.39, 0.29) is 17.7 Å². The third kappa shape index (κ3) is 5.17. The van der Waals surface area contributed by atoms with Gasteiger partial charge in [-0.05, 0) is 61.6 Å². The topological polar surface area (TPSA) is 74.3 Å². The molecule has 2 aliphatic rings. The van der Waals surface area contributed by atoms with Crippen LogP contribution in [0.15, 0.2) is 42.6 Å². The van der Waals surface area contributed by atoms with Gasteiger partial charge in [0.1, 0.15) is 5.82 Å². The molecule has 0 spiro atoms. The molecule has 1 aromatic carbocycles. The molecule has 2 fully saturated rings. The molecule has 30 heavy (non-hydrogen) atoms. The number of rotatable bonds is 6. The van der Waals surface area contributed by atoms with Gasteiger partial charge in [-0.1, -0.05) is 25.3 Å². The first-order valence-electron chi connectivity index (χ1n) is 11.1. The van der Waals surface area contributed by atoms with Gasteiger partial charge in [-0.3, -0.25) is 9.59 Å². The van der Waals surface area contributed by atoms with E-state index >= 15 is 0 Å². The number of carbonyl (C=O) groups excluding carboxylic acids is 2. The maximum Gasteiger partial charge on any atom is 0.251 e. The molecule has 2 amide bonds. The lowest BCUT2D eigenvalue weighted by atomic mass is 9.88. The summed E-state index contributed by atoms with van der Waals surface area (Å²) in [5.74, 6) is 0.987. The van der Waals surface area contributed by atoms with E-state index in [4.69, 9.17) is 0 Å². The average Bonchev–Trinajstić information content (AvgIpc) is 3.33. The molecule has 0 bridgehead atoms. The molecular weight excluding hydrogens is 376 g/mol. The Morgan fingerprint density at radius 2 is 1.80 bits per heavy atom. The van der Waals surface area contributed by atoms with Crippen LogP contribution in [0.4, 0.5) is 11.5 Å². The van der Waals surface area contributed by atoms with Crippen LogP contribution in [0.1, 0.15) is 60.9 Å². The number of anilines is 2. The van der Waals surface area contributed by atoms with Crippen molar-refractivity contribution in [3.63, 3.8) is 0 Å². The number of pyridine rings is 1. The summed E-state index contributed by atoms with van der Waals surface area (Å²) < 4.78 is 0. The summed E-state index contributed by atoms with van der Waals surface area (Å²) in [4.78, 5) is 31.9. The zero-order valence-electron chi connectivity index (χ0n) is 17.4. The number of hydrogen-bond donors (Lipinski definition) is 2. The van der Waals surface area contributed by atoms with Gasteiger partial charge < -0.3 is 15.5 Å². The molecule has 1 saturated heterocycles. The van der Waals surface area contributed by atoms with Crippen LogP contribution in [0.25, 0.3) is 0 Å². The number of aromatic nitrogens is 1. The fourth-order valence-electron chi connectivity index (χ4n) is 4.32. The molecule has 0 atom stereocenters. The van der Waals surface area contributed by atoms with E-state index in [1.54, 1.807) is 18.3 Å². The molecule has 6 heteroatoms. The minimum absolute atomic E-state index is 0.0680. The molecule has 4 rings (SSSR count). The highest BCUT2D eigenvalue weighted by Crippen LogP contribution is 2.25. The largest absolute Gasteiger partial charge is 0.357 e. The summed E-state index contributed by atoms with van der Waals surface area (Å²) in [5.41, 5.74) is 2.26. The first-order chi connectivity index (χ1) is 14.7. The highest BCUT2D eigenvalue weighted by molar-refractivity contribution is 5.97. The summed E-state index contributed by atoms with van der Waals surface area (Å²) in [6.07, 6.45) is 9.58. The molecule has 1 aliphatic heterocycles. The molecule has 158 valence electrons. The molecule has 0 unspecified atom stereocenters. The Labute approximate surface area is 178 Å².